The largest absolute Gasteiger partial charge is 0.368 e. The van der Waals surface area contributed by atoms with Crippen LogP contribution < -0.4 is 10.6 Å². The van der Waals surface area contributed by atoms with Gasteiger partial charge in [-0.3, -0.25) is 9.69 Å². The molecule has 2 N–H and O–H groups in total. The average Bonchev–Trinajstić information content (AvgIpc) is 3.04. The van der Waals surface area contributed by atoms with Crippen molar-refractivity contribution >= 4 is 11.7 Å². The first-order valence-electron chi connectivity index (χ1n) is 8.25. The zero-order valence-electron chi connectivity index (χ0n) is 13.9. The van der Waals surface area contributed by atoms with Crippen molar-refractivity contribution in [2.75, 3.05) is 25.0 Å². The molecule has 1 aliphatic rings. The van der Waals surface area contributed by atoms with Crippen molar-refractivity contribution in [3.8, 4) is 0 Å². The van der Waals surface area contributed by atoms with Gasteiger partial charge >= 0.3 is 0 Å². The lowest BCUT2D eigenvalue weighted by molar-refractivity contribution is -0.123. The number of anilines is 1. The van der Waals surface area contributed by atoms with E-state index < -0.39 is 6.04 Å². The number of nitrogens with zero attached hydrogens (tertiary/aromatic N) is 4. The van der Waals surface area contributed by atoms with E-state index in [2.05, 4.69) is 15.1 Å². The van der Waals surface area contributed by atoms with Gasteiger partial charge in [0.1, 0.15) is 6.04 Å². The molecule has 1 saturated heterocycles. The van der Waals surface area contributed by atoms with E-state index in [1.165, 1.54) is 0 Å². The monoisotopic (exact) mass is 325 g/mol. The molecule has 24 heavy (non-hydrogen) atoms. The van der Waals surface area contributed by atoms with E-state index in [1.54, 1.807) is 6.20 Å². The van der Waals surface area contributed by atoms with Gasteiger partial charge in [0.15, 0.2) is 5.82 Å². The number of primary amides is 1. The number of carbonyl (C=O) groups excluding carboxylic acids is 1. The topological polar surface area (TPSA) is 75.3 Å². The number of amides is 1. The van der Waals surface area contributed by atoms with Gasteiger partial charge in [-0.05, 0) is 37.6 Å². The third kappa shape index (κ3) is 3.54. The molecule has 0 spiro atoms. The minimum Gasteiger partial charge on any atom is -0.368 e. The summed E-state index contributed by atoms with van der Waals surface area (Å²) in [5.74, 6) is 0.566. The molecule has 0 bridgehead atoms. The predicted molar refractivity (Wildman–Crippen MR) is 93.4 cm³/mol. The molecule has 1 aromatic heterocycles. The molecule has 0 aliphatic carbocycles. The van der Waals surface area contributed by atoms with Crippen LogP contribution in [0.2, 0.25) is 0 Å². The zero-order chi connectivity index (χ0) is 16.9. The highest BCUT2D eigenvalue weighted by Gasteiger charge is 2.30. The average molecular weight is 325 g/mol. The maximum Gasteiger partial charge on any atom is 0.239 e. The second-order valence-electron chi connectivity index (χ2n) is 6.23. The number of aromatic nitrogens is 2. The van der Waals surface area contributed by atoms with E-state index in [-0.39, 0.29) is 5.91 Å². The Kier molecular flexibility index (Phi) is 5.05. The van der Waals surface area contributed by atoms with Gasteiger partial charge in [-0.2, -0.15) is 5.10 Å². The van der Waals surface area contributed by atoms with Crippen molar-refractivity contribution in [2.45, 2.75) is 24.9 Å². The normalized spacial score (nSPS) is 18.8. The fourth-order valence-electron chi connectivity index (χ4n) is 3.48. The Morgan fingerprint density at radius 2 is 2.12 bits per heavy atom. The molecule has 2 atom stereocenters. The van der Waals surface area contributed by atoms with Crippen molar-refractivity contribution in [3.05, 3.63) is 54.2 Å². The fraction of sp³-hybridized carbons (Fsp3) is 0.389. The lowest BCUT2D eigenvalue weighted by Crippen LogP contribution is -2.44. The lowest BCUT2D eigenvalue weighted by atomic mass is 10.0. The van der Waals surface area contributed by atoms with Crippen LogP contribution in [0, 0.1) is 0 Å². The van der Waals surface area contributed by atoms with Crippen LogP contribution in [0.4, 0.5) is 5.82 Å². The molecule has 1 fully saturated rings. The molecular formula is C18H23N5O. The molecule has 126 valence electrons. The van der Waals surface area contributed by atoms with Crippen LogP contribution in [-0.2, 0) is 4.79 Å². The summed E-state index contributed by atoms with van der Waals surface area (Å²) < 4.78 is 0. The minimum atomic E-state index is -0.421. The highest BCUT2D eigenvalue weighted by atomic mass is 16.1. The van der Waals surface area contributed by atoms with Crippen LogP contribution in [-0.4, -0.2) is 47.2 Å². The molecule has 1 amide bonds. The summed E-state index contributed by atoms with van der Waals surface area (Å²) in [5, 5.41) is 8.20. The summed E-state index contributed by atoms with van der Waals surface area (Å²) in [6.45, 7) is 1.71. The smallest absolute Gasteiger partial charge is 0.239 e. The van der Waals surface area contributed by atoms with Gasteiger partial charge in [0.2, 0.25) is 5.91 Å². The molecule has 0 unspecified atom stereocenters. The van der Waals surface area contributed by atoms with Gasteiger partial charge in [0.05, 0.1) is 0 Å². The van der Waals surface area contributed by atoms with E-state index >= 15 is 0 Å². The van der Waals surface area contributed by atoms with Crippen molar-refractivity contribution < 1.29 is 4.79 Å². The molecule has 2 aromatic rings. The third-order valence-electron chi connectivity index (χ3n) is 4.55. The first-order valence-corrected chi connectivity index (χ1v) is 8.25. The number of nitrogens with two attached hydrogens (primary N) is 1. The summed E-state index contributed by atoms with van der Waals surface area (Å²) in [5.41, 5.74) is 6.60. The van der Waals surface area contributed by atoms with Gasteiger partial charge in [-0.25, -0.2) is 0 Å². The predicted octanol–water partition coefficient (Wildman–Crippen LogP) is 1.60. The Labute approximate surface area is 142 Å². The maximum atomic E-state index is 12.0. The first kappa shape index (κ1) is 16.4. The number of carbonyl (C=O) groups is 1. The molecule has 2 heterocycles. The summed E-state index contributed by atoms with van der Waals surface area (Å²) >= 11 is 0. The van der Waals surface area contributed by atoms with E-state index in [1.807, 2.05) is 54.4 Å². The second-order valence-corrected chi connectivity index (χ2v) is 6.23. The van der Waals surface area contributed by atoms with Crippen LogP contribution in [0.1, 0.15) is 24.4 Å². The van der Waals surface area contributed by atoms with Crippen LogP contribution in [0.25, 0.3) is 0 Å². The van der Waals surface area contributed by atoms with E-state index in [9.17, 15) is 4.79 Å². The van der Waals surface area contributed by atoms with E-state index in [0.29, 0.717) is 6.04 Å². The molecule has 6 nitrogen and oxygen atoms in total. The molecular weight excluding hydrogens is 302 g/mol. The highest BCUT2D eigenvalue weighted by Crippen LogP contribution is 2.26. The van der Waals surface area contributed by atoms with Crippen LogP contribution in [0.15, 0.2) is 48.7 Å². The number of hydrogen-bond acceptors (Lipinski definition) is 5. The molecule has 1 aliphatic heterocycles. The Bertz CT molecular complexity index is 664. The van der Waals surface area contributed by atoms with E-state index in [4.69, 9.17) is 5.73 Å². The third-order valence-corrected chi connectivity index (χ3v) is 4.55. The SMILES string of the molecule is CN(C[C@H]1CCCN1c1cccnn1)[C@@H](C(N)=O)c1ccccc1. The first-order chi connectivity index (χ1) is 11.7. The van der Waals surface area contributed by atoms with E-state index in [0.717, 1.165) is 37.3 Å². The number of hydrogen-bond donors (Lipinski definition) is 1. The molecule has 0 radical (unpaired) electrons. The van der Waals surface area contributed by atoms with Gasteiger partial charge in [-0.15, -0.1) is 5.10 Å². The highest BCUT2D eigenvalue weighted by molar-refractivity contribution is 5.81. The van der Waals surface area contributed by atoms with Crippen LogP contribution in [0.5, 0.6) is 0 Å². The lowest BCUT2D eigenvalue weighted by Gasteiger charge is -2.32. The van der Waals surface area contributed by atoms with Gasteiger partial charge in [0.25, 0.3) is 0 Å². The van der Waals surface area contributed by atoms with Crippen molar-refractivity contribution in [1.29, 1.82) is 0 Å². The number of benzene rings is 1. The summed E-state index contributed by atoms with van der Waals surface area (Å²) in [7, 11) is 1.95. The Hall–Kier alpha value is -2.47. The van der Waals surface area contributed by atoms with Gasteiger partial charge in [0, 0.05) is 25.3 Å². The molecule has 3 rings (SSSR count). The minimum absolute atomic E-state index is 0.303. The second kappa shape index (κ2) is 7.40. The quantitative estimate of drug-likeness (QED) is 0.873. The Balaban J connectivity index is 1.75. The summed E-state index contributed by atoms with van der Waals surface area (Å²) in [6.07, 6.45) is 3.86. The standard InChI is InChI=1S/C18H23N5O/c1-22(17(18(19)24)14-7-3-2-4-8-14)13-15-9-6-12-23(15)16-10-5-11-20-21-16/h2-5,7-8,10-11,15,17H,6,9,12-13H2,1H3,(H2,19,24)/t15-,17-/m1/s1. The molecule has 0 saturated carbocycles. The van der Waals surface area contributed by atoms with Crippen LogP contribution in [0.3, 0.4) is 0 Å². The van der Waals surface area contributed by atoms with Crippen molar-refractivity contribution in [1.82, 2.24) is 15.1 Å². The van der Waals surface area contributed by atoms with Crippen molar-refractivity contribution in [2.24, 2.45) is 5.73 Å². The fourth-order valence-corrected chi connectivity index (χ4v) is 3.48. The number of rotatable bonds is 6. The van der Waals surface area contributed by atoms with Crippen LogP contribution >= 0.6 is 0 Å². The Morgan fingerprint density at radius 3 is 2.79 bits per heavy atom. The molecule has 1 aromatic carbocycles. The van der Waals surface area contributed by atoms with Crippen molar-refractivity contribution in [3.63, 3.8) is 0 Å². The zero-order valence-corrected chi connectivity index (χ0v) is 13.9. The maximum absolute atomic E-state index is 12.0. The number of likely N-dealkylation sites (N-methyl/N-ethyl adjacent to an activating group) is 1. The van der Waals surface area contributed by atoms with Gasteiger partial charge < -0.3 is 10.6 Å². The Morgan fingerprint density at radius 1 is 1.33 bits per heavy atom. The molecule has 6 heteroatoms. The van der Waals surface area contributed by atoms with Gasteiger partial charge in [-0.1, -0.05) is 30.3 Å². The summed E-state index contributed by atoms with van der Waals surface area (Å²) in [6, 6.07) is 13.5. The summed E-state index contributed by atoms with van der Waals surface area (Å²) in [4.78, 5) is 16.3.